The van der Waals surface area contributed by atoms with Crippen LogP contribution in [0.2, 0.25) is 0 Å². The van der Waals surface area contributed by atoms with Crippen LogP contribution in [0.5, 0.6) is 0 Å². The van der Waals surface area contributed by atoms with Crippen LogP contribution in [0, 0.1) is 0 Å². The molecule has 0 aliphatic rings. The monoisotopic (exact) mass is 319 g/mol. The average molecular weight is 319 g/mol. The minimum Gasteiger partial charge on any atom is -0.455 e. The van der Waals surface area contributed by atoms with Crippen molar-refractivity contribution in [3.63, 3.8) is 0 Å². The molecule has 0 spiro atoms. The maximum Gasteiger partial charge on any atom is 0.286 e. The summed E-state index contributed by atoms with van der Waals surface area (Å²) in [5.41, 5.74) is -0.0625. The van der Waals surface area contributed by atoms with Gasteiger partial charge in [-0.05, 0) is 26.1 Å². The molecule has 0 aliphatic carbocycles. The van der Waals surface area contributed by atoms with Crippen LogP contribution in [0.15, 0.2) is 27.2 Å². The average Bonchev–Trinajstić information content (AvgIpc) is 3.14. The molecule has 0 aromatic carbocycles. The van der Waals surface area contributed by atoms with Crippen LogP contribution >= 0.6 is 0 Å². The first-order valence-corrected chi connectivity index (χ1v) is 7.69. The predicted molar refractivity (Wildman–Crippen MR) is 87.2 cm³/mol. The number of nitrogens with zero attached hydrogens (tertiary/aromatic N) is 2. The number of rotatable bonds is 5. The number of nitrogens with one attached hydrogen (secondary N) is 1. The van der Waals surface area contributed by atoms with Crippen molar-refractivity contribution in [3.8, 4) is 0 Å². The minimum atomic E-state index is -0.227. The molecular weight excluding hydrogens is 294 g/mol. The molecule has 1 N–H and O–H groups in total. The van der Waals surface area contributed by atoms with Gasteiger partial charge in [-0.25, -0.2) is 4.98 Å². The summed E-state index contributed by atoms with van der Waals surface area (Å²) in [7, 11) is 3.54. The van der Waals surface area contributed by atoms with Crippen LogP contribution < -0.4 is 5.32 Å². The summed E-state index contributed by atoms with van der Waals surface area (Å²) < 4.78 is 11.4. The second-order valence-corrected chi connectivity index (χ2v) is 6.75. The second-order valence-electron chi connectivity index (χ2n) is 6.75. The van der Waals surface area contributed by atoms with Gasteiger partial charge in [-0.2, -0.15) is 0 Å². The van der Waals surface area contributed by atoms with Crippen LogP contribution in [0.4, 0.5) is 0 Å². The van der Waals surface area contributed by atoms with E-state index in [2.05, 4.69) is 36.0 Å². The Morgan fingerprint density at radius 1 is 1.35 bits per heavy atom. The predicted octanol–water partition coefficient (Wildman–Crippen LogP) is 3.12. The molecule has 6 nitrogen and oxygen atoms in total. The highest BCUT2D eigenvalue weighted by molar-refractivity contribution is 5.91. The SMILES string of the molecule is CNC(=O)c1ccc(CN(C)[C@@H](C)c2ncc(C(C)(C)C)o2)o1. The van der Waals surface area contributed by atoms with Crippen molar-refractivity contribution < 1.29 is 13.6 Å². The van der Waals surface area contributed by atoms with E-state index in [4.69, 9.17) is 8.83 Å². The molecule has 126 valence electrons. The van der Waals surface area contributed by atoms with Gasteiger partial charge in [0.1, 0.15) is 11.5 Å². The summed E-state index contributed by atoms with van der Waals surface area (Å²) in [6.45, 7) is 8.87. The summed E-state index contributed by atoms with van der Waals surface area (Å²) in [5.74, 6) is 2.35. The van der Waals surface area contributed by atoms with Crippen LogP contribution in [-0.4, -0.2) is 29.9 Å². The zero-order valence-electron chi connectivity index (χ0n) is 14.6. The number of furan rings is 1. The molecule has 23 heavy (non-hydrogen) atoms. The highest BCUT2D eigenvalue weighted by Crippen LogP contribution is 2.27. The van der Waals surface area contributed by atoms with Crippen molar-refractivity contribution in [1.29, 1.82) is 0 Å². The lowest BCUT2D eigenvalue weighted by Crippen LogP contribution is -2.22. The molecular formula is C17H25N3O3. The van der Waals surface area contributed by atoms with E-state index in [1.807, 2.05) is 20.0 Å². The van der Waals surface area contributed by atoms with Gasteiger partial charge in [0.2, 0.25) is 5.89 Å². The molecule has 0 bridgehead atoms. The van der Waals surface area contributed by atoms with Crippen molar-refractivity contribution in [1.82, 2.24) is 15.2 Å². The molecule has 0 saturated heterocycles. The molecule has 0 saturated carbocycles. The lowest BCUT2D eigenvalue weighted by molar-refractivity contribution is 0.0931. The van der Waals surface area contributed by atoms with Gasteiger partial charge in [0.15, 0.2) is 5.76 Å². The number of hydrogen-bond donors (Lipinski definition) is 1. The molecule has 2 aromatic rings. The Morgan fingerprint density at radius 3 is 2.61 bits per heavy atom. The Bertz CT molecular complexity index is 667. The van der Waals surface area contributed by atoms with Crippen LogP contribution in [0.3, 0.4) is 0 Å². The summed E-state index contributed by atoms with van der Waals surface area (Å²) >= 11 is 0. The topological polar surface area (TPSA) is 71.5 Å². The first kappa shape index (κ1) is 17.3. The van der Waals surface area contributed by atoms with E-state index in [0.29, 0.717) is 18.2 Å². The summed E-state index contributed by atoms with van der Waals surface area (Å²) in [4.78, 5) is 18.0. The Labute approximate surface area is 136 Å². The Morgan fingerprint density at radius 2 is 2.04 bits per heavy atom. The summed E-state index contributed by atoms with van der Waals surface area (Å²) in [6, 6.07) is 3.49. The van der Waals surface area contributed by atoms with Gasteiger partial charge >= 0.3 is 0 Å². The maximum absolute atomic E-state index is 11.5. The summed E-state index contributed by atoms with van der Waals surface area (Å²) in [5, 5.41) is 2.54. The first-order valence-electron chi connectivity index (χ1n) is 7.69. The number of aromatic nitrogens is 1. The van der Waals surface area contributed by atoms with Gasteiger partial charge in [-0.3, -0.25) is 9.69 Å². The standard InChI is InChI=1S/C17H25N3O3/c1-11(16-19-9-14(23-16)17(2,3)4)20(6)10-12-7-8-13(22-12)15(21)18-5/h7-9,11H,10H2,1-6H3,(H,18,21)/t11-/m0/s1. The van der Waals surface area contributed by atoms with E-state index in [1.54, 1.807) is 19.3 Å². The van der Waals surface area contributed by atoms with Crippen molar-refractivity contribution in [3.05, 3.63) is 41.5 Å². The Hall–Kier alpha value is -2.08. The third kappa shape index (κ3) is 4.01. The Kier molecular flexibility index (Phi) is 4.94. The van der Waals surface area contributed by atoms with E-state index < -0.39 is 0 Å². The lowest BCUT2D eigenvalue weighted by Gasteiger charge is -2.21. The number of amides is 1. The van der Waals surface area contributed by atoms with Crippen molar-refractivity contribution in [2.75, 3.05) is 14.1 Å². The number of carbonyl (C=O) groups excluding carboxylic acids is 1. The second kappa shape index (κ2) is 6.58. The number of hydrogen-bond acceptors (Lipinski definition) is 5. The third-order valence-corrected chi connectivity index (χ3v) is 3.80. The molecule has 1 amide bonds. The van der Waals surface area contributed by atoms with Crippen LogP contribution in [0.1, 0.15) is 61.7 Å². The van der Waals surface area contributed by atoms with Gasteiger partial charge in [0, 0.05) is 12.5 Å². The number of oxazole rings is 1. The van der Waals surface area contributed by atoms with E-state index in [9.17, 15) is 4.79 Å². The fraction of sp³-hybridized carbons (Fsp3) is 0.529. The highest BCUT2D eigenvalue weighted by Gasteiger charge is 2.23. The van der Waals surface area contributed by atoms with Crippen molar-refractivity contribution in [2.45, 2.75) is 45.7 Å². The normalized spacial score (nSPS) is 13.3. The van der Waals surface area contributed by atoms with E-state index in [0.717, 1.165) is 11.5 Å². The molecule has 0 radical (unpaired) electrons. The smallest absolute Gasteiger partial charge is 0.286 e. The van der Waals surface area contributed by atoms with Gasteiger partial charge in [0.25, 0.3) is 5.91 Å². The van der Waals surface area contributed by atoms with E-state index in [1.165, 1.54) is 0 Å². The molecule has 0 fully saturated rings. The quantitative estimate of drug-likeness (QED) is 0.917. The molecule has 1 atom stereocenters. The highest BCUT2D eigenvalue weighted by atomic mass is 16.4. The van der Waals surface area contributed by atoms with Gasteiger partial charge in [0.05, 0.1) is 18.8 Å². The van der Waals surface area contributed by atoms with E-state index in [-0.39, 0.29) is 17.4 Å². The van der Waals surface area contributed by atoms with Crippen LogP contribution in [0.25, 0.3) is 0 Å². The molecule has 6 heteroatoms. The first-order chi connectivity index (χ1) is 10.7. The minimum absolute atomic E-state index is 0.000323. The van der Waals surface area contributed by atoms with E-state index >= 15 is 0 Å². The van der Waals surface area contributed by atoms with Crippen molar-refractivity contribution >= 4 is 5.91 Å². The summed E-state index contributed by atoms with van der Waals surface area (Å²) in [6.07, 6.45) is 1.79. The van der Waals surface area contributed by atoms with Crippen molar-refractivity contribution in [2.24, 2.45) is 0 Å². The fourth-order valence-electron chi connectivity index (χ4n) is 2.11. The molecule has 2 aromatic heterocycles. The zero-order valence-corrected chi connectivity index (χ0v) is 14.6. The zero-order chi connectivity index (χ0) is 17.2. The van der Waals surface area contributed by atoms with Crippen LogP contribution in [-0.2, 0) is 12.0 Å². The molecule has 0 aliphatic heterocycles. The van der Waals surface area contributed by atoms with Gasteiger partial charge < -0.3 is 14.2 Å². The third-order valence-electron chi connectivity index (χ3n) is 3.80. The molecule has 2 heterocycles. The largest absolute Gasteiger partial charge is 0.455 e. The molecule has 2 rings (SSSR count). The van der Waals surface area contributed by atoms with Gasteiger partial charge in [-0.1, -0.05) is 20.8 Å². The van der Waals surface area contributed by atoms with Gasteiger partial charge in [-0.15, -0.1) is 0 Å². The maximum atomic E-state index is 11.5. The fourth-order valence-corrected chi connectivity index (χ4v) is 2.11. The Balaban J connectivity index is 2.05. The molecule has 0 unspecified atom stereocenters. The lowest BCUT2D eigenvalue weighted by atomic mass is 9.94. The number of carbonyl (C=O) groups is 1.